The van der Waals surface area contributed by atoms with Gasteiger partial charge in [-0.3, -0.25) is 0 Å². The molecule has 0 saturated carbocycles. The summed E-state index contributed by atoms with van der Waals surface area (Å²) in [6.45, 7) is 2.82. The zero-order valence-electron chi connectivity index (χ0n) is 10.0. The van der Waals surface area contributed by atoms with Gasteiger partial charge in [0.25, 0.3) is 0 Å². The van der Waals surface area contributed by atoms with E-state index in [1.54, 1.807) is 6.07 Å². The first-order valence-corrected chi connectivity index (χ1v) is 6.80. The Bertz CT molecular complexity index is 384. The number of hydrogen-bond acceptors (Lipinski definition) is 2. The van der Waals surface area contributed by atoms with Crippen LogP contribution in [0.1, 0.15) is 18.4 Å². The highest BCUT2D eigenvalue weighted by Crippen LogP contribution is 2.16. The lowest BCUT2D eigenvalue weighted by Crippen LogP contribution is -2.43. The molecule has 0 radical (unpaired) electrons. The zero-order valence-corrected chi connectivity index (χ0v) is 11.6. The van der Waals surface area contributed by atoms with Crippen LogP contribution in [0.3, 0.4) is 0 Å². The van der Waals surface area contributed by atoms with Gasteiger partial charge in [0.2, 0.25) is 0 Å². The number of rotatable bonds is 3. The van der Waals surface area contributed by atoms with Gasteiger partial charge in [0, 0.05) is 29.2 Å². The molecule has 17 heavy (non-hydrogen) atoms. The van der Waals surface area contributed by atoms with Crippen LogP contribution in [-0.4, -0.2) is 31.1 Å². The van der Waals surface area contributed by atoms with E-state index in [4.69, 9.17) is 0 Å². The van der Waals surface area contributed by atoms with Crippen LogP contribution in [0.15, 0.2) is 22.7 Å². The molecule has 1 unspecified atom stereocenters. The molecule has 2 rings (SSSR count). The number of nitrogens with one attached hydrogen (secondary N) is 1. The predicted octanol–water partition coefficient (Wildman–Crippen LogP) is 2.77. The monoisotopic (exact) mass is 300 g/mol. The summed E-state index contributed by atoms with van der Waals surface area (Å²) in [5.41, 5.74) is 0.729. The van der Waals surface area contributed by atoms with Crippen molar-refractivity contribution in [3.05, 3.63) is 34.1 Å². The van der Waals surface area contributed by atoms with E-state index in [2.05, 4.69) is 33.2 Å². The highest BCUT2D eigenvalue weighted by molar-refractivity contribution is 9.10. The molecule has 94 valence electrons. The van der Waals surface area contributed by atoms with Crippen LogP contribution in [0.2, 0.25) is 0 Å². The van der Waals surface area contributed by atoms with Gasteiger partial charge in [-0.25, -0.2) is 4.39 Å². The van der Waals surface area contributed by atoms with Crippen LogP contribution in [0.5, 0.6) is 0 Å². The summed E-state index contributed by atoms with van der Waals surface area (Å²) in [4.78, 5) is 2.32. The minimum atomic E-state index is -0.134. The maximum absolute atomic E-state index is 13.5. The van der Waals surface area contributed by atoms with Crippen molar-refractivity contribution in [2.75, 3.05) is 20.1 Å². The lowest BCUT2D eigenvalue weighted by molar-refractivity contribution is 0.226. The quantitative estimate of drug-likeness (QED) is 0.923. The summed E-state index contributed by atoms with van der Waals surface area (Å²) in [5.74, 6) is -0.134. The third-order valence-electron chi connectivity index (χ3n) is 3.21. The molecule has 1 saturated heterocycles. The summed E-state index contributed by atoms with van der Waals surface area (Å²) >= 11 is 3.37. The Balaban J connectivity index is 1.90. The smallest absolute Gasteiger partial charge is 0.127 e. The van der Waals surface area contributed by atoms with Gasteiger partial charge in [-0.05, 0) is 44.6 Å². The topological polar surface area (TPSA) is 15.3 Å². The SMILES string of the molecule is CN1CCCC(NCc2cc(Br)ccc2F)C1. The predicted molar refractivity (Wildman–Crippen MR) is 71.5 cm³/mol. The lowest BCUT2D eigenvalue weighted by atomic mass is 10.1. The largest absolute Gasteiger partial charge is 0.309 e. The minimum absolute atomic E-state index is 0.134. The Hall–Kier alpha value is -0.450. The molecule has 0 bridgehead atoms. The molecule has 1 aliphatic rings. The van der Waals surface area contributed by atoms with Crippen molar-refractivity contribution in [2.24, 2.45) is 0 Å². The van der Waals surface area contributed by atoms with Crippen LogP contribution in [-0.2, 0) is 6.54 Å². The summed E-state index contributed by atoms with van der Waals surface area (Å²) in [6.07, 6.45) is 2.40. The average Bonchev–Trinajstić information content (AvgIpc) is 2.30. The van der Waals surface area contributed by atoms with E-state index in [1.165, 1.54) is 25.5 Å². The van der Waals surface area contributed by atoms with E-state index in [0.29, 0.717) is 12.6 Å². The first-order chi connectivity index (χ1) is 8.15. The van der Waals surface area contributed by atoms with Gasteiger partial charge in [-0.15, -0.1) is 0 Å². The Morgan fingerprint density at radius 3 is 3.12 bits per heavy atom. The Morgan fingerprint density at radius 1 is 1.53 bits per heavy atom. The maximum atomic E-state index is 13.5. The maximum Gasteiger partial charge on any atom is 0.127 e. The molecule has 1 fully saturated rings. The third-order valence-corrected chi connectivity index (χ3v) is 3.71. The van der Waals surface area contributed by atoms with Crippen molar-refractivity contribution in [1.29, 1.82) is 0 Å². The summed E-state index contributed by atoms with van der Waals surface area (Å²) in [6, 6.07) is 5.56. The molecule has 1 aromatic carbocycles. The number of nitrogens with zero attached hydrogens (tertiary/aromatic N) is 1. The summed E-state index contributed by atoms with van der Waals surface area (Å²) < 4.78 is 14.5. The molecule has 1 aliphatic heterocycles. The van der Waals surface area contributed by atoms with Crippen molar-refractivity contribution >= 4 is 15.9 Å². The van der Waals surface area contributed by atoms with Gasteiger partial charge in [0.05, 0.1) is 0 Å². The van der Waals surface area contributed by atoms with Gasteiger partial charge >= 0.3 is 0 Å². The average molecular weight is 301 g/mol. The Labute approximate surface area is 110 Å². The van der Waals surface area contributed by atoms with E-state index in [9.17, 15) is 4.39 Å². The number of hydrogen-bond donors (Lipinski definition) is 1. The number of likely N-dealkylation sites (tertiary alicyclic amines) is 1. The Kier molecular flexibility index (Phi) is 4.54. The highest BCUT2D eigenvalue weighted by atomic mass is 79.9. The standard InChI is InChI=1S/C13H18BrFN2/c1-17-6-2-3-12(9-17)16-8-10-7-11(14)4-5-13(10)15/h4-5,7,12,16H,2-3,6,8-9H2,1H3. The first kappa shape index (κ1) is 13.0. The van der Waals surface area contributed by atoms with Crippen LogP contribution >= 0.6 is 15.9 Å². The molecule has 4 heteroatoms. The second kappa shape index (κ2) is 5.94. The highest BCUT2D eigenvalue weighted by Gasteiger charge is 2.16. The zero-order chi connectivity index (χ0) is 12.3. The van der Waals surface area contributed by atoms with Crippen LogP contribution in [0.4, 0.5) is 4.39 Å². The normalized spacial score (nSPS) is 21.7. The van der Waals surface area contributed by atoms with Gasteiger partial charge in [0.15, 0.2) is 0 Å². The van der Waals surface area contributed by atoms with Gasteiger partial charge in [0.1, 0.15) is 5.82 Å². The minimum Gasteiger partial charge on any atom is -0.309 e. The molecule has 1 atom stereocenters. The van der Waals surface area contributed by atoms with Crippen LogP contribution in [0, 0.1) is 5.82 Å². The van der Waals surface area contributed by atoms with Crippen molar-refractivity contribution in [2.45, 2.75) is 25.4 Å². The van der Waals surface area contributed by atoms with Gasteiger partial charge < -0.3 is 10.2 Å². The van der Waals surface area contributed by atoms with E-state index >= 15 is 0 Å². The second-order valence-electron chi connectivity index (χ2n) is 4.72. The number of piperidine rings is 1. The molecular formula is C13H18BrFN2. The molecule has 0 aromatic heterocycles. The molecular weight excluding hydrogens is 283 g/mol. The van der Waals surface area contributed by atoms with Crippen molar-refractivity contribution in [3.8, 4) is 0 Å². The van der Waals surface area contributed by atoms with E-state index in [1.807, 2.05) is 6.07 Å². The summed E-state index contributed by atoms with van der Waals surface area (Å²) in [5, 5.41) is 3.43. The lowest BCUT2D eigenvalue weighted by Gasteiger charge is -2.30. The molecule has 2 nitrogen and oxygen atoms in total. The van der Waals surface area contributed by atoms with Crippen LogP contribution < -0.4 is 5.32 Å². The van der Waals surface area contributed by atoms with E-state index in [-0.39, 0.29) is 5.82 Å². The Morgan fingerprint density at radius 2 is 2.35 bits per heavy atom. The van der Waals surface area contributed by atoms with Gasteiger partial charge in [-0.2, -0.15) is 0 Å². The number of halogens is 2. The molecule has 1 aromatic rings. The third kappa shape index (κ3) is 3.76. The van der Waals surface area contributed by atoms with Crippen LogP contribution in [0.25, 0.3) is 0 Å². The fraction of sp³-hybridized carbons (Fsp3) is 0.538. The first-order valence-electron chi connectivity index (χ1n) is 6.01. The van der Waals surface area contributed by atoms with Crippen molar-refractivity contribution in [3.63, 3.8) is 0 Å². The van der Waals surface area contributed by atoms with Crippen molar-refractivity contribution < 1.29 is 4.39 Å². The van der Waals surface area contributed by atoms with E-state index < -0.39 is 0 Å². The number of likely N-dealkylation sites (N-methyl/N-ethyl adjacent to an activating group) is 1. The fourth-order valence-corrected chi connectivity index (χ4v) is 2.67. The molecule has 0 amide bonds. The molecule has 1 N–H and O–H groups in total. The molecule has 0 aliphatic carbocycles. The summed E-state index contributed by atoms with van der Waals surface area (Å²) in [7, 11) is 2.13. The molecule has 1 heterocycles. The molecule has 0 spiro atoms. The van der Waals surface area contributed by atoms with Crippen molar-refractivity contribution in [1.82, 2.24) is 10.2 Å². The second-order valence-corrected chi connectivity index (χ2v) is 5.63. The van der Waals surface area contributed by atoms with Gasteiger partial charge in [-0.1, -0.05) is 15.9 Å². The fourth-order valence-electron chi connectivity index (χ4n) is 2.27. The van der Waals surface area contributed by atoms with E-state index in [0.717, 1.165) is 16.6 Å². The number of benzene rings is 1.